The van der Waals surface area contributed by atoms with Crippen molar-refractivity contribution in [2.24, 2.45) is 0 Å². The van der Waals surface area contributed by atoms with Crippen LogP contribution in [-0.4, -0.2) is 24.9 Å². The SMILES string of the molecule is CC(=O)c1ccccc1C1COCC(=O)N1. The Morgan fingerprint density at radius 2 is 2.19 bits per heavy atom. The highest BCUT2D eigenvalue weighted by Gasteiger charge is 2.23. The first-order valence-electron chi connectivity index (χ1n) is 5.15. The van der Waals surface area contributed by atoms with Gasteiger partial charge in [0.25, 0.3) is 0 Å². The molecule has 1 fully saturated rings. The van der Waals surface area contributed by atoms with Crippen molar-refractivity contribution in [1.29, 1.82) is 0 Å². The third kappa shape index (κ3) is 2.12. The number of Topliss-reactive ketones (excluding diaryl/α,β-unsaturated/α-hetero) is 1. The van der Waals surface area contributed by atoms with Crippen molar-refractivity contribution >= 4 is 11.7 Å². The lowest BCUT2D eigenvalue weighted by Crippen LogP contribution is -2.40. The summed E-state index contributed by atoms with van der Waals surface area (Å²) in [5.74, 6) is -0.148. The van der Waals surface area contributed by atoms with Gasteiger partial charge in [0, 0.05) is 5.56 Å². The molecule has 0 aliphatic carbocycles. The van der Waals surface area contributed by atoms with Crippen LogP contribution < -0.4 is 5.32 Å². The van der Waals surface area contributed by atoms with Crippen LogP contribution in [0.5, 0.6) is 0 Å². The molecule has 0 aromatic heterocycles. The van der Waals surface area contributed by atoms with E-state index in [9.17, 15) is 9.59 Å². The van der Waals surface area contributed by atoms with Gasteiger partial charge in [-0.05, 0) is 12.5 Å². The third-order valence-electron chi connectivity index (χ3n) is 2.57. The Hall–Kier alpha value is -1.68. The molecule has 4 heteroatoms. The number of hydrogen-bond donors (Lipinski definition) is 1. The van der Waals surface area contributed by atoms with Crippen LogP contribution in [0.2, 0.25) is 0 Å². The first-order chi connectivity index (χ1) is 7.68. The number of carbonyl (C=O) groups is 2. The van der Waals surface area contributed by atoms with Crippen molar-refractivity contribution < 1.29 is 14.3 Å². The van der Waals surface area contributed by atoms with Gasteiger partial charge in [0.1, 0.15) is 6.61 Å². The molecule has 0 spiro atoms. The van der Waals surface area contributed by atoms with Crippen LogP contribution >= 0.6 is 0 Å². The molecule has 1 aliphatic heterocycles. The largest absolute Gasteiger partial charge is 0.369 e. The second kappa shape index (κ2) is 4.45. The second-order valence-electron chi connectivity index (χ2n) is 3.78. The standard InChI is InChI=1S/C12H13NO3/c1-8(14)9-4-2-3-5-10(9)11-6-16-7-12(15)13-11/h2-5,11H,6-7H2,1H3,(H,13,15). The van der Waals surface area contributed by atoms with Gasteiger partial charge in [0.15, 0.2) is 5.78 Å². The van der Waals surface area contributed by atoms with Gasteiger partial charge in [-0.25, -0.2) is 0 Å². The quantitative estimate of drug-likeness (QED) is 0.757. The van der Waals surface area contributed by atoms with E-state index in [1.807, 2.05) is 18.2 Å². The van der Waals surface area contributed by atoms with Gasteiger partial charge in [-0.1, -0.05) is 24.3 Å². The average Bonchev–Trinajstić information content (AvgIpc) is 2.29. The number of hydrogen-bond acceptors (Lipinski definition) is 3. The number of amides is 1. The van der Waals surface area contributed by atoms with Gasteiger partial charge in [-0.3, -0.25) is 9.59 Å². The van der Waals surface area contributed by atoms with Crippen molar-refractivity contribution in [2.45, 2.75) is 13.0 Å². The van der Waals surface area contributed by atoms with E-state index in [0.717, 1.165) is 5.56 Å². The fourth-order valence-electron chi connectivity index (χ4n) is 1.84. The van der Waals surface area contributed by atoms with Gasteiger partial charge in [0.05, 0.1) is 12.6 Å². The van der Waals surface area contributed by atoms with Gasteiger partial charge >= 0.3 is 0 Å². The summed E-state index contributed by atoms with van der Waals surface area (Å²) >= 11 is 0. The van der Waals surface area contributed by atoms with E-state index in [4.69, 9.17) is 4.74 Å². The fraction of sp³-hybridized carbons (Fsp3) is 0.333. The molecule has 0 saturated carbocycles. The predicted molar refractivity (Wildman–Crippen MR) is 58.1 cm³/mol. The summed E-state index contributed by atoms with van der Waals surface area (Å²) in [5.41, 5.74) is 1.46. The molecular formula is C12H13NO3. The van der Waals surface area contributed by atoms with Crippen molar-refractivity contribution in [3.05, 3.63) is 35.4 Å². The Balaban J connectivity index is 2.32. The second-order valence-corrected chi connectivity index (χ2v) is 3.78. The van der Waals surface area contributed by atoms with E-state index in [2.05, 4.69) is 5.32 Å². The minimum Gasteiger partial charge on any atom is -0.369 e. The fourth-order valence-corrected chi connectivity index (χ4v) is 1.84. The lowest BCUT2D eigenvalue weighted by Gasteiger charge is -2.25. The molecule has 1 N–H and O–H groups in total. The van der Waals surface area contributed by atoms with Crippen molar-refractivity contribution in [2.75, 3.05) is 13.2 Å². The minimum atomic E-state index is -0.221. The molecule has 1 aromatic rings. The number of benzene rings is 1. The predicted octanol–water partition coefficient (Wildman–Crippen LogP) is 1.08. The van der Waals surface area contributed by atoms with Crippen LogP contribution in [0.3, 0.4) is 0 Å². The summed E-state index contributed by atoms with van der Waals surface area (Å²) in [4.78, 5) is 22.6. The van der Waals surface area contributed by atoms with Gasteiger partial charge in [0.2, 0.25) is 5.91 Å². The lowest BCUT2D eigenvalue weighted by molar-refractivity contribution is -0.131. The summed E-state index contributed by atoms with van der Waals surface area (Å²) in [7, 11) is 0. The van der Waals surface area contributed by atoms with E-state index >= 15 is 0 Å². The van der Waals surface area contributed by atoms with E-state index in [-0.39, 0.29) is 24.3 Å². The van der Waals surface area contributed by atoms with E-state index in [0.29, 0.717) is 12.2 Å². The normalized spacial score (nSPS) is 20.3. The maximum Gasteiger partial charge on any atom is 0.246 e. The third-order valence-corrected chi connectivity index (χ3v) is 2.57. The lowest BCUT2D eigenvalue weighted by atomic mass is 9.98. The van der Waals surface area contributed by atoms with Crippen molar-refractivity contribution in [3.8, 4) is 0 Å². The minimum absolute atomic E-state index is 0.00424. The molecular weight excluding hydrogens is 206 g/mol. The maximum atomic E-state index is 11.4. The number of nitrogens with one attached hydrogen (secondary N) is 1. The van der Waals surface area contributed by atoms with Crippen LogP contribution in [0, 0.1) is 0 Å². The molecule has 1 heterocycles. The first kappa shape index (κ1) is 10.8. The van der Waals surface area contributed by atoms with Gasteiger partial charge in [-0.15, -0.1) is 0 Å². The molecule has 1 unspecified atom stereocenters. The smallest absolute Gasteiger partial charge is 0.246 e. The number of ether oxygens (including phenoxy) is 1. The first-order valence-corrected chi connectivity index (χ1v) is 5.15. The average molecular weight is 219 g/mol. The van der Waals surface area contributed by atoms with Crippen LogP contribution in [0.15, 0.2) is 24.3 Å². The summed E-state index contributed by atoms with van der Waals surface area (Å²) < 4.78 is 5.16. The summed E-state index contributed by atoms with van der Waals surface area (Å²) in [6.45, 7) is 2.03. The molecule has 0 bridgehead atoms. The Morgan fingerprint density at radius 1 is 1.44 bits per heavy atom. The highest BCUT2D eigenvalue weighted by molar-refractivity contribution is 5.96. The van der Waals surface area contributed by atoms with Gasteiger partial charge < -0.3 is 10.1 Å². The number of morpholine rings is 1. The molecule has 0 radical (unpaired) electrons. The summed E-state index contributed by atoms with van der Waals surface area (Å²) in [5, 5.41) is 2.81. The molecule has 1 aromatic carbocycles. The zero-order valence-corrected chi connectivity index (χ0v) is 9.03. The molecule has 1 aliphatic rings. The maximum absolute atomic E-state index is 11.4. The zero-order chi connectivity index (χ0) is 11.5. The van der Waals surface area contributed by atoms with Crippen LogP contribution in [0.25, 0.3) is 0 Å². The van der Waals surface area contributed by atoms with E-state index in [1.165, 1.54) is 6.92 Å². The van der Waals surface area contributed by atoms with Crippen molar-refractivity contribution in [3.63, 3.8) is 0 Å². The van der Waals surface area contributed by atoms with Crippen LogP contribution in [0.4, 0.5) is 0 Å². The molecule has 16 heavy (non-hydrogen) atoms. The summed E-state index contributed by atoms with van der Waals surface area (Å²) in [6.07, 6.45) is 0. The molecule has 84 valence electrons. The Morgan fingerprint density at radius 3 is 2.88 bits per heavy atom. The van der Waals surface area contributed by atoms with E-state index < -0.39 is 0 Å². The topological polar surface area (TPSA) is 55.4 Å². The monoisotopic (exact) mass is 219 g/mol. The molecule has 2 rings (SSSR count). The Kier molecular flexibility index (Phi) is 3.01. The highest BCUT2D eigenvalue weighted by Crippen LogP contribution is 2.20. The van der Waals surface area contributed by atoms with E-state index in [1.54, 1.807) is 6.07 Å². The van der Waals surface area contributed by atoms with Gasteiger partial charge in [-0.2, -0.15) is 0 Å². The van der Waals surface area contributed by atoms with Crippen LogP contribution in [0.1, 0.15) is 28.9 Å². The Labute approximate surface area is 93.6 Å². The number of carbonyl (C=O) groups excluding carboxylic acids is 2. The van der Waals surface area contributed by atoms with Crippen LogP contribution in [-0.2, 0) is 9.53 Å². The number of ketones is 1. The molecule has 1 saturated heterocycles. The number of rotatable bonds is 2. The highest BCUT2D eigenvalue weighted by atomic mass is 16.5. The zero-order valence-electron chi connectivity index (χ0n) is 9.03. The Bertz CT molecular complexity index is 428. The molecule has 1 amide bonds. The summed E-state index contributed by atoms with van der Waals surface area (Å²) in [6, 6.07) is 7.05. The molecule has 4 nitrogen and oxygen atoms in total. The molecule has 1 atom stereocenters. The van der Waals surface area contributed by atoms with Crippen molar-refractivity contribution in [1.82, 2.24) is 5.32 Å².